The molecule has 0 radical (unpaired) electrons. The van der Waals surface area contributed by atoms with Crippen LogP contribution in [0.25, 0.3) is 0 Å². The molecule has 0 amide bonds. The standard InChI is InChI=1S/C12H14ClNO4/c1-7(2)8(3)18-12(15)10-6-9(13)4-5-11(10)14(16)17/h4-8H,1-3H3. The number of nitro benzene ring substituents is 1. The van der Waals surface area contributed by atoms with E-state index in [1.807, 2.05) is 13.8 Å². The topological polar surface area (TPSA) is 69.4 Å². The second-order valence-corrected chi connectivity index (χ2v) is 4.71. The summed E-state index contributed by atoms with van der Waals surface area (Å²) in [6.45, 7) is 5.52. The quantitative estimate of drug-likeness (QED) is 0.478. The first-order valence-electron chi connectivity index (χ1n) is 5.48. The number of esters is 1. The number of carbonyl (C=O) groups excluding carboxylic acids is 1. The number of hydrogen-bond donors (Lipinski definition) is 0. The van der Waals surface area contributed by atoms with E-state index in [1.165, 1.54) is 18.2 Å². The van der Waals surface area contributed by atoms with Crippen molar-refractivity contribution in [3.8, 4) is 0 Å². The Kier molecular flexibility index (Phi) is 4.67. The van der Waals surface area contributed by atoms with Crippen molar-refractivity contribution in [2.45, 2.75) is 26.9 Å². The first-order valence-corrected chi connectivity index (χ1v) is 5.85. The fourth-order valence-corrected chi connectivity index (χ4v) is 1.37. The predicted molar refractivity (Wildman–Crippen MR) is 67.8 cm³/mol. The molecule has 6 heteroatoms. The minimum absolute atomic E-state index is 0.125. The second kappa shape index (κ2) is 5.82. The number of halogens is 1. The number of ether oxygens (including phenoxy) is 1. The fraction of sp³-hybridized carbons (Fsp3) is 0.417. The van der Waals surface area contributed by atoms with Crippen LogP contribution in [0.1, 0.15) is 31.1 Å². The lowest BCUT2D eigenvalue weighted by molar-refractivity contribution is -0.385. The van der Waals surface area contributed by atoms with Gasteiger partial charge in [0.1, 0.15) is 11.7 Å². The normalized spacial score (nSPS) is 12.3. The number of rotatable bonds is 4. The summed E-state index contributed by atoms with van der Waals surface area (Å²) in [5.41, 5.74) is -0.430. The van der Waals surface area contributed by atoms with Crippen molar-refractivity contribution in [2.75, 3.05) is 0 Å². The van der Waals surface area contributed by atoms with Crippen molar-refractivity contribution in [1.82, 2.24) is 0 Å². The molecule has 0 N–H and O–H groups in total. The number of nitro groups is 1. The SMILES string of the molecule is CC(C)C(C)OC(=O)c1cc(Cl)ccc1[N+](=O)[O-]. The lowest BCUT2D eigenvalue weighted by Gasteiger charge is -2.16. The van der Waals surface area contributed by atoms with Crippen LogP contribution in [-0.4, -0.2) is 17.0 Å². The zero-order chi connectivity index (χ0) is 13.9. The molecule has 1 aromatic rings. The van der Waals surface area contributed by atoms with Crippen molar-refractivity contribution >= 4 is 23.3 Å². The van der Waals surface area contributed by atoms with Gasteiger partial charge in [0.05, 0.1) is 4.92 Å². The number of nitrogens with zero attached hydrogens (tertiary/aromatic N) is 1. The third kappa shape index (κ3) is 3.43. The zero-order valence-corrected chi connectivity index (χ0v) is 11.1. The summed E-state index contributed by atoms with van der Waals surface area (Å²) in [5.74, 6) is -0.599. The Balaban J connectivity index is 3.04. The Bertz CT molecular complexity index is 473. The maximum atomic E-state index is 11.9. The van der Waals surface area contributed by atoms with Crippen LogP contribution >= 0.6 is 11.6 Å². The van der Waals surface area contributed by atoms with Crippen LogP contribution in [0.15, 0.2) is 18.2 Å². The maximum absolute atomic E-state index is 11.9. The summed E-state index contributed by atoms with van der Waals surface area (Å²) in [6, 6.07) is 3.80. The predicted octanol–water partition coefficient (Wildman–Crippen LogP) is 3.45. The van der Waals surface area contributed by atoms with Gasteiger partial charge in [-0.3, -0.25) is 10.1 Å². The lowest BCUT2D eigenvalue weighted by atomic mass is 10.1. The highest BCUT2D eigenvalue weighted by molar-refractivity contribution is 6.31. The van der Waals surface area contributed by atoms with Gasteiger partial charge in [-0.25, -0.2) is 4.79 Å². The van der Waals surface area contributed by atoms with Crippen molar-refractivity contribution in [3.63, 3.8) is 0 Å². The van der Waals surface area contributed by atoms with Crippen molar-refractivity contribution in [3.05, 3.63) is 38.9 Å². The van der Waals surface area contributed by atoms with Crippen LogP contribution < -0.4 is 0 Å². The highest BCUT2D eigenvalue weighted by atomic mass is 35.5. The van der Waals surface area contributed by atoms with Crippen molar-refractivity contribution < 1.29 is 14.5 Å². The van der Waals surface area contributed by atoms with Gasteiger partial charge in [-0.1, -0.05) is 25.4 Å². The van der Waals surface area contributed by atoms with E-state index in [-0.39, 0.29) is 28.3 Å². The van der Waals surface area contributed by atoms with E-state index in [4.69, 9.17) is 16.3 Å². The number of benzene rings is 1. The van der Waals surface area contributed by atoms with Crippen molar-refractivity contribution in [1.29, 1.82) is 0 Å². The van der Waals surface area contributed by atoms with Gasteiger partial charge in [0.25, 0.3) is 5.69 Å². The third-order valence-corrected chi connectivity index (χ3v) is 2.84. The molecule has 1 rings (SSSR count). The van der Waals surface area contributed by atoms with Gasteiger partial charge in [0.15, 0.2) is 0 Å². The minimum Gasteiger partial charge on any atom is -0.459 e. The van der Waals surface area contributed by atoms with Crippen LogP contribution in [0.5, 0.6) is 0 Å². The van der Waals surface area contributed by atoms with Crippen LogP contribution in [0, 0.1) is 16.0 Å². The van der Waals surface area contributed by atoms with Crippen molar-refractivity contribution in [2.24, 2.45) is 5.92 Å². The van der Waals surface area contributed by atoms with Gasteiger partial charge in [-0.2, -0.15) is 0 Å². The molecule has 0 spiro atoms. The molecule has 1 atom stereocenters. The van der Waals surface area contributed by atoms with E-state index >= 15 is 0 Å². The Hall–Kier alpha value is -1.62. The minimum atomic E-state index is -0.731. The van der Waals surface area contributed by atoms with Gasteiger partial charge >= 0.3 is 5.97 Å². The Morgan fingerprint density at radius 3 is 2.50 bits per heavy atom. The van der Waals surface area contributed by atoms with E-state index in [0.717, 1.165) is 0 Å². The molecule has 0 fully saturated rings. The molecule has 98 valence electrons. The van der Waals surface area contributed by atoms with Crippen LogP contribution in [-0.2, 0) is 4.74 Å². The molecule has 0 aromatic heterocycles. The first-order chi connectivity index (χ1) is 8.32. The van der Waals surface area contributed by atoms with Gasteiger partial charge < -0.3 is 4.74 Å². The largest absolute Gasteiger partial charge is 0.459 e. The van der Waals surface area contributed by atoms with Crippen LogP contribution in [0.3, 0.4) is 0 Å². The molecule has 0 heterocycles. The molecule has 0 saturated heterocycles. The maximum Gasteiger partial charge on any atom is 0.345 e. The van der Waals surface area contributed by atoms with E-state index < -0.39 is 10.9 Å². The molecule has 1 aromatic carbocycles. The number of carbonyl (C=O) groups is 1. The highest BCUT2D eigenvalue weighted by Crippen LogP contribution is 2.24. The average Bonchev–Trinajstić information content (AvgIpc) is 2.28. The molecular weight excluding hydrogens is 258 g/mol. The van der Waals surface area contributed by atoms with E-state index in [0.29, 0.717) is 0 Å². The summed E-state index contributed by atoms with van der Waals surface area (Å²) in [4.78, 5) is 22.0. The smallest absolute Gasteiger partial charge is 0.345 e. The molecule has 5 nitrogen and oxygen atoms in total. The van der Waals surface area contributed by atoms with Crippen LogP contribution in [0.4, 0.5) is 5.69 Å². The number of hydrogen-bond acceptors (Lipinski definition) is 4. The molecule has 0 bridgehead atoms. The Morgan fingerprint density at radius 2 is 2.00 bits per heavy atom. The molecule has 0 saturated carbocycles. The summed E-state index contributed by atoms with van der Waals surface area (Å²) in [5, 5.41) is 11.1. The van der Waals surface area contributed by atoms with Gasteiger partial charge in [-0.15, -0.1) is 0 Å². The average molecular weight is 272 g/mol. The van der Waals surface area contributed by atoms with E-state index in [1.54, 1.807) is 6.92 Å². The van der Waals surface area contributed by atoms with Crippen LogP contribution in [0.2, 0.25) is 5.02 Å². The first kappa shape index (κ1) is 14.4. The second-order valence-electron chi connectivity index (χ2n) is 4.27. The summed E-state index contributed by atoms with van der Waals surface area (Å²) in [7, 11) is 0. The Morgan fingerprint density at radius 1 is 1.39 bits per heavy atom. The summed E-state index contributed by atoms with van der Waals surface area (Å²) >= 11 is 5.73. The van der Waals surface area contributed by atoms with E-state index in [2.05, 4.69) is 0 Å². The molecule has 0 aliphatic carbocycles. The summed E-state index contributed by atoms with van der Waals surface area (Å²) in [6.07, 6.45) is -0.323. The van der Waals surface area contributed by atoms with Gasteiger partial charge in [0, 0.05) is 11.1 Å². The lowest BCUT2D eigenvalue weighted by Crippen LogP contribution is -2.20. The monoisotopic (exact) mass is 271 g/mol. The molecule has 0 aliphatic rings. The zero-order valence-electron chi connectivity index (χ0n) is 10.3. The Labute approximate surface area is 110 Å². The molecule has 0 aliphatic heterocycles. The third-order valence-electron chi connectivity index (χ3n) is 2.61. The fourth-order valence-electron chi connectivity index (χ4n) is 1.20. The molecule has 1 unspecified atom stereocenters. The molecule has 18 heavy (non-hydrogen) atoms. The van der Waals surface area contributed by atoms with E-state index in [9.17, 15) is 14.9 Å². The molecular formula is C12H14ClNO4. The highest BCUT2D eigenvalue weighted by Gasteiger charge is 2.24. The van der Waals surface area contributed by atoms with Gasteiger partial charge in [0.2, 0.25) is 0 Å². The van der Waals surface area contributed by atoms with Gasteiger partial charge in [-0.05, 0) is 25.0 Å². The summed E-state index contributed by atoms with van der Waals surface area (Å²) < 4.78 is 5.14.